The number of nitrogens with zero attached hydrogens (tertiary/aromatic N) is 2. The fraction of sp³-hybridized carbons (Fsp3) is 0.200. The van der Waals surface area contributed by atoms with E-state index >= 15 is 0 Å². The third-order valence-electron chi connectivity index (χ3n) is 5.19. The quantitative estimate of drug-likeness (QED) is 0.508. The third kappa shape index (κ3) is 5.59. The van der Waals surface area contributed by atoms with Gasteiger partial charge < -0.3 is 9.64 Å². The summed E-state index contributed by atoms with van der Waals surface area (Å²) in [5, 5.41) is 3.39. The summed E-state index contributed by atoms with van der Waals surface area (Å²) in [6.45, 7) is 1.99. The molecule has 0 unspecified atom stereocenters. The van der Waals surface area contributed by atoms with E-state index in [4.69, 9.17) is 16.3 Å². The average Bonchev–Trinajstić information content (AvgIpc) is 2.80. The largest absolute Gasteiger partial charge is 0.444 e. The minimum absolute atomic E-state index is 0.0694. The molecular formula is C25H24ClN3O3. The van der Waals surface area contributed by atoms with E-state index in [-0.39, 0.29) is 12.6 Å². The summed E-state index contributed by atoms with van der Waals surface area (Å²) in [4.78, 5) is 28.8. The summed E-state index contributed by atoms with van der Waals surface area (Å²) in [6.07, 6.45) is 0.307. The molecular weight excluding hydrogens is 426 g/mol. The lowest BCUT2D eigenvalue weighted by Gasteiger charge is -2.36. The lowest BCUT2D eigenvalue weighted by atomic mass is 10.1. The Morgan fingerprint density at radius 3 is 2.53 bits per heavy atom. The van der Waals surface area contributed by atoms with Crippen LogP contribution in [0.4, 0.5) is 21.0 Å². The topological polar surface area (TPSA) is 61.9 Å². The second kappa shape index (κ2) is 10.2. The van der Waals surface area contributed by atoms with Crippen molar-refractivity contribution in [2.75, 3.05) is 23.3 Å². The van der Waals surface area contributed by atoms with Crippen molar-refractivity contribution in [1.29, 1.82) is 0 Å². The van der Waals surface area contributed by atoms with E-state index in [2.05, 4.69) is 5.32 Å². The highest BCUT2D eigenvalue weighted by Gasteiger charge is 2.27. The first kappa shape index (κ1) is 21.7. The van der Waals surface area contributed by atoms with Gasteiger partial charge in [0.1, 0.15) is 6.61 Å². The molecule has 4 rings (SSSR count). The fourth-order valence-corrected chi connectivity index (χ4v) is 3.87. The SMILES string of the molecule is O=C(Nc1cccc(N2CCCN(Cc3cccc(Cl)c3)C2=O)c1)OCc1ccccc1. The summed E-state index contributed by atoms with van der Waals surface area (Å²) in [6, 6.07) is 24.2. The zero-order chi connectivity index (χ0) is 22.3. The van der Waals surface area contributed by atoms with Crippen molar-refractivity contribution in [2.45, 2.75) is 19.6 Å². The van der Waals surface area contributed by atoms with Gasteiger partial charge in [-0.2, -0.15) is 0 Å². The zero-order valence-corrected chi connectivity index (χ0v) is 18.3. The second-order valence-corrected chi connectivity index (χ2v) is 8.01. The van der Waals surface area contributed by atoms with Crippen LogP contribution in [0.25, 0.3) is 0 Å². The zero-order valence-electron chi connectivity index (χ0n) is 17.5. The fourth-order valence-electron chi connectivity index (χ4n) is 3.65. The van der Waals surface area contributed by atoms with Gasteiger partial charge >= 0.3 is 12.1 Å². The summed E-state index contributed by atoms with van der Waals surface area (Å²) < 4.78 is 5.28. The number of hydrogen-bond donors (Lipinski definition) is 1. The van der Waals surface area contributed by atoms with E-state index in [9.17, 15) is 9.59 Å². The molecule has 0 aliphatic carbocycles. The first-order valence-electron chi connectivity index (χ1n) is 10.5. The number of carbonyl (C=O) groups is 2. The lowest BCUT2D eigenvalue weighted by Crippen LogP contribution is -2.49. The molecule has 0 bridgehead atoms. The highest BCUT2D eigenvalue weighted by Crippen LogP contribution is 2.25. The third-order valence-corrected chi connectivity index (χ3v) is 5.43. The molecule has 1 aliphatic rings. The number of carbonyl (C=O) groups excluding carboxylic acids is 2. The maximum absolute atomic E-state index is 13.1. The molecule has 32 heavy (non-hydrogen) atoms. The highest BCUT2D eigenvalue weighted by atomic mass is 35.5. The number of urea groups is 1. The number of halogens is 1. The van der Waals surface area contributed by atoms with Crippen LogP contribution in [0.1, 0.15) is 17.5 Å². The van der Waals surface area contributed by atoms with Crippen LogP contribution < -0.4 is 10.2 Å². The maximum atomic E-state index is 13.1. The van der Waals surface area contributed by atoms with Gasteiger partial charge in [0.05, 0.1) is 0 Å². The second-order valence-electron chi connectivity index (χ2n) is 7.58. The van der Waals surface area contributed by atoms with Crippen LogP contribution in [0.2, 0.25) is 5.02 Å². The summed E-state index contributed by atoms with van der Waals surface area (Å²) >= 11 is 6.08. The molecule has 1 heterocycles. The van der Waals surface area contributed by atoms with Gasteiger partial charge in [-0.1, -0.05) is 60.1 Å². The average molecular weight is 450 g/mol. The molecule has 7 heteroatoms. The molecule has 3 aromatic carbocycles. The van der Waals surface area contributed by atoms with Crippen LogP contribution in [0.5, 0.6) is 0 Å². The number of amides is 3. The first-order chi connectivity index (χ1) is 15.6. The Balaban J connectivity index is 1.39. The Labute approximate surface area is 192 Å². The molecule has 3 amide bonds. The minimum Gasteiger partial charge on any atom is -0.444 e. The first-order valence-corrected chi connectivity index (χ1v) is 10.8. The van der Waals surface area contributed by atoms with Crippen molar-refractivity contribution in [3.8, 4) is 0 Å². The molecule has 3 aromatic rings. The predicted octanol–water partition coefficient (Wildman–Crippen LogP) is 5.92. The van der Waals surface area contributed by atoms with Crippen LogP contribution in [0.15, 0.2) is 78.9 Å². The van der Waals surface area contributed by atoms with Gasteiger partial charge in [-0.3, -0.25) is 10.2 Å². The van der Waals surface area contributed by atoms with Crippen LogP contribution in [-0.4, -0.2) is 30.1 Å². The summed E-state index contributed by atoms with van der Waals surface area (Å²) in [5.74, 6) is 0. The number of benzene rings is 3. The Morgan fingerprint density at radius 1 is 0.938 bits per heavy atom. The molecule has 1 fully saturated rings. The molecule has 164 valence electrons. The molecule has 1 aliphatic heterocycles. The van der Waals surface area contributed by atoms with Gasteiger partial charge in [0.25, 0.3) is 0 Å². The van der Waals surface area contributed by atoms with Gasteiger partial charge in [0, 0.05) is 36.0 Å². The normalized spacial score (nSPS) is 13.7. The van der Waals surface area contributed by atoms with Crippen molar-refractivity contribution in [3.63, 3.8) is 0 Å². The van der Waals surface area contributed by atoms with Crippen molar-refractivity contribution in [3.05, 3.63) is 95.0 Å². The molecule has 0 spiro atoms. The van der Waals surface area contributed by atoms with E-state index in [0.29, 0.717) is 30.3 Å². The van der Waals surface area contributed by atoms with E-state index in [1.54, 1.807) is 17.0 Å². The van der Waals surface area contributed by atoms with Crippen LogP contribution in [0, 0.1) is 0 Å². The molecule has 0 aromatic heterocycles. The molecule has 0 saturated carbocycles. The van der Waals surface area contributed by atoms with Crippen molar-refractivity contribution in [2.24, 2.45) is 0 Å². The Bertz CT molecular complexity index is 1090. The monoisotopic (exact) mass is 449 g/mol. The number of rotatable bonds is 6. The van der Waals surface area contributed by atoms with Crippen molar-refractivity contribution >= 4 is 35.1 Å². The summed E-state index contributed by atoms with van der Waals surface area (Å²) in [5.41, 5.74) is 3.20. The Hall–Kier alpha value is -3.51. The van der Waals surface area contributed by atoms with Gasteiger partial charge in [-0.25, -0.2) is 9.59 Å². The molecule has 0 radical (unpaired) electrons. The number of ether oxygens (including phenoxy) is 1. The van der Waals surface area contributed by atoms with E-state index in [1.165, 1.54) is 0 Å². The molecule has 1 N–H and O–H groups in total. The van der Waals surface area contributed by atoms with Gasteiger partial charge in [0.15, 0.2) is 0 Å². The number of anilines is 2. The van der Waals surface area contributed by atoms with E-state index in [0.717, 1.165) is 23.2 Å². The standard InChI is InChI=1S/C25H24ClN3O3/c26-21-10-4-9-20(15-21)17-28-13-6-14-29(25(28)31)23-12-5-11-22(16-23)27-24(30)32-18-19-7-2-1-3-8-19/h1-5,7-12,15-16H,6,13-14,17-18H2,(H,27,30). The molecule has 1 saturated heterocycles. The molecule has 0 atom stereocenters. The number of nitrogens with one attached hydrogen (secondary N) is 1. The van der Waals surface area contributed by atoms with Crippen LogP contribution in [-0.2, 0) is 17.9 Å². The van der Waals surface area contributed by atoms with Crippen LogP contribution in [0.3, 0.4) is 0 Å². The number of hydrogen-bond acceptors (Lipinski definition) is 3. The van der Waals surface area contributed by atoms with Gasteiger partial charge in [-0.05, 0) is 47.9 Å². The van der Waals surface area contributed by atoms with Crippen LogP contribution >= 0.6 is 11.6 Å². The molecule has 6 nitrogen and oxygen atoms in total. The van der Waals surface area contributed by atoms with Gasteiger partial charge in [-0.15, -0.1) is 0 Å². The maximum Gasteiger partial charge on any atom is 0.411 e. The highest BCUT2D eigenvalue weighted by molar-refractivity contribution is 6.30. The van der Waals surface area contributed by atoms with Crippen molar-refractivity contribution < 1.29 is 14.3 Å². The lowest BCUT2D eigenvalue weighted by molar-refractivity contribution is 0.155. The Morgan fingerprint density at radius 2 is 1.72 bits per heavy atom. The van der Waals surface area contributed by atoms with Gasteiger partial charge in [0.2, 0.25) is 0 Å². The van der Waals surface area contributed by atoms with E-state index in [1.807, 2.05) is 71.6 Å². The smallest absolute Gasteiger partial charge is 0.411 e. The predicted molar refractivity (Wildman–Crippen MR) is 126 cm³/mol. The van der Waals surface area contributed by atoms with E-state index < -0.39 is 6.09 Å². The minimum atomic E-state index is -0.543. The van der Waals surface area contributed by atoms with Crippen molar-refractivity contribution in [1.82, 2.24) is 4.90 Å². The summed E-state index contributed by atoms with van der Waals surface area (Å²) in [7, 11) is 0. The Kier molecular flexibility index (Phi) is 6.92.